The molecule has 0 aromatic rings. The molecule has 4 rings (SSSR count). The van der Waals surface area contributed by atoms with Crippen LogP contribution in [0, 0.1) is 23.2 Å². The highest BCUT2D eigenvalue weighted by Crippen LogP contribution is 2.61. The number of ether oxygens (including phenoxy) is 4. The highest BCUT2D eigenvalue weighted by atomic mass is 16.6. The molecule has 2 heterocycles. The Morgan fingerprint density at radius 2 is 1.82 bits per heavy atom. The van der Waals surface area contributed by atoms with E-state index >= 15 is 0 Å². The van der Waals surface area contributed by atoms with Crippen molar-refractivity contribution in [1.29, 1.82) is 0 Å². The monoisotopic (exact) mass is 480 g/mol. The van der Waals surface area contributed by atoms with Crippen LogP contribution in [0.25, 0.3) is 0 Å². The van der Waals surface area contributed by atoms with Crippen molar-refractivity contribution in [2.75, 3.05) is 6.61 Å². The smallest absolute Gasteiger partial charge is 0.312 e. The molecule has 188 valence electrons. The maximum Gasteiger partial charge on any atom is 0.312 e. The average Bonchev–Trinajstić information content (AvgIpc) is 3.53. The lowest BCUT2D eigenvalue weighted by Crippen LogP contribution is -2.66. The van der Waals surface area contributed by atoms with Gasteiger partial charge in [0.2, 0.25) is 0 Å². The van der Waals surface area contributed by atoms with E-state index in [0.717, 1.165) is 0 Å². The van der Waals surface area contributed by atoms with Gasteiger partial charge in [-0.2, -0.15) is 0 Å². The van der Waals surface area contributed by atoms with Crippen LogP contribution in [0.2, 0.25) is 0 Å². The van der Waals surface area contributed by atoms with Crippen LogP contribution in [-0.4, -0.2) is 82.1 Å². The number of carbonyl (C=O) groups excluding carboxylic acids is 3. The standard InChI is InChI=1S/C24H32O10/c1-10-17-20(32-13(4)27)24(30)11(2)22(29)33-16(24)8-14(9-25)6-7-15(28)23(17,5)21-19(34-21)18(10)31-12(3)26/h6-8,10-11,15-21,25,28,30H,9H2,1-5H3/b7-6+,14-8+/t10-,11+,15+,16+,17-,18-,19+,20+,21+,23-,24+/m1/s1. The lowest BCUT2D eigenvalue weighted by molar-refractivity contribution is -0.216. The number of hydrogen-bond donors (Lipinski definition) is 3. The Kier molecular flexibility index (Phi) is 6.17. The van der Waals surface area contributed by atoms with Gasteiger partial charge in [0.05, 0.1) is 24.7 Å². The Labute approximate surface area is 197 Å². The first-order valence-electron chi connectivity index (χ1n) is 11.5. The number of aliphatic hydroxyl groups is 3. The Bertz CT molecular complexity index is 942. The summed E-state index contributed by atoms with van der Waals surface area (Å²) in [6.07, 6.45) is -1.07. The minimum absolute atomic E-state index is 0.308. The molecule has 0 aromatic carbocycles. The molecule has 1 saturated carbocycles. The van der Waals surface area contributed by atoms with Crippen molar-refractivity contribution in [3.05, 3.63) is 23.8 Å². The lowest BCUT2D eigenvalue weighted by Gasteiger charge is -2.53. The van der Waals surface area contributed by atoms with Crippen molar-refractivity contribution < 1.29 is 48.7 Å². The van der Waals surface area contributed by atoms with E-state index in [0.29, 0.717) is 5.57 Å². The van der Waals surface area contributed by atoms with E-state index in [4.69, 9.17) is 18.9 Å². The van der Waals surface area contributed by atoms with Crippen LogP contribution in [0.1, 0.15) is 34.6 Å². The lowest BCUT2D eigenvalue weighted by atomic mass is 9.54. The quantitative estimate of drug-likeness (QED) is 0.287. The van der Waals surface area contributed by atoms with Crippen LogP contribution in [0.15, 0.2) is 23.8 Å². The Balaban J connectivity index is 1.95. The van der Waals surface area contributed by atoms with E-state index in [1.54, 1.807) is 13.8 Å². The summed E-state index contributed by atoms with van der Waals surface area (Å²) in [7, 11) is 0. The molecule has 2 aliphatic heterocycles. The Morgan fingerprint density at radius 1 is 1.18 bits per heavy atom. The van der Waals surface area contributed by atoms with E-state index in [1.807, 2.05) is 0 Å². The normalized spacial score (nSPS) is 49.8. The summed E-state index contributed by atoms with van der Waals surface area (Å²) in [4.78, 5) is 36.8. The second-order valence-electron chi connectivity index (χ2n) is 10.0. The second-order valence-corrected chi connectivity index (χ2v) is 10.0. The van der Waals surface area contributed by atoms with Crippen LogP contribution in [0.5, 0.6) is 0 Å². The third-order valence-electron chi connectivity index (χ3n) is 8.07. The zero-order valence-corrected chi connectivity index (χ0v) is 19.8. The summed E-state index contributed by atoms with van der Waals surface area (Å²) < 4.78 is 22.7. The van der Waals surface area contributed by atoms with E-state index in [2.05, 4.69) is 0 Å². The van der Waals surface area contributed by atoms with E-state index in [-0.39, 0.29) is 0 Å². The molecule has 0 aromatic heterocycles. The molecule has 0 amide bonds. The van der Waals surface area contributed by atoms with Gasteiger partial charge in [-0.15, -0.1) is 0 Å². The Morgan fingerprint density at radius 3 is 2.41 bits per heavy atom. The summed E-state index contributed by atoms with van der Waals surface area (Å²) in [5.41, 5.74) is -2.83. The number of epoxide rings is 1. The number of rotatable bonds is 3. The molecule has 3 N–H and O–H groups in total. The molecular formula is C24H32O10. The molecule has 3 fully saturated rings. The predicted molar refractivity (Wildman–Crippen MR) is 115 cm³/mol. The maximum absolute atomic E-state index is 12.7. The third kappa shape index (κ3) is 3.59. The minimum Gasteiger partial charge on any atom is -0.459 e. The molecule has 0 radical (unpaired) electrons. The van der Waals surface area contributed by atoms with Crippen molar-refractivity contribution in [2.45, 2.75) is 76.8 Å². The Hall–Kier alpha value is -2.27. The molecule has 10 heteroatoms. The highest BCUT2D eigenvalue weighted by Gasteiger charge is 2.74. The summed E-state index contributed by atoms with van der Waals surface area (Å²) in [6.45, 7) is 7.06. The number of aliphatic hydroxyl groups excluding tert-OH is 2. The first-order valence-corrected chi connectivity index (χ1v) is 11.5. The van der Waals surface area contributed by atoms with Gasteiger partial charge in [0.1, 0.15) is 18.3 Å². The van der Waals surface area contributed by atoms with Crippen LogP contribution >= 0.6 is 0 Å². The average molecular weight is 481 g/mol. The number of fused-ring (bicyclic) bond motifs is 4. The van der Waals surface area contributed by atoms with Gasteiger partial charge in [0.25, 0.3) is 0 Å². The van der Waals surface area contributed by atoms with Gasteiger partial charge < -0.3 is 34.3 Å². The van der Waals surface area contributed by atoms with Crippen molar-refractivity contribution >= 4 is 17.9 Å². The molecular weight excluding hydrogens is 448 g/mol. The molecule has 2 aliphatic carbocycles. The molecule has 0 spiro atoms. The van der Waals surface area contributed by atoms with Gasteiger partial charge in [-0.3, -0.25) is 14.4 Å². The van der Waals surface area contributed by atoms with Gasteiger partial charge in [-0.1, -0.05) is 26.0 Å². The number of carbonyl (C=O) groups is 3. The fourth-order valence-electron chi connectivity index (χ4n) is 6.21. The number of hydrogen-bond acceptors (Lipinski definition) is 10. The summed E-state index contributed by atoms with van der Waals surface area (Å²) in [5.74, 6) is -4.35. The van der Waals surface area contributed by atoms with Crippen LogP contribution in [0.3, 0.4) is 0 Å². The second kappa shape index (κ2) is 8.44. The zero-order valence-electron chi connectivity index (χ0n) is 19.8. The predicted octanol–water partition coefficient (Wildman–Crippen LogP) is 0.0314. The SMILES string of the molecule is CC(=O)O[C@@H]1[C@H](C)[C@@H]2[C@H](OC(C)=O)[C@@]3(O)[C@H](/C=C(CO)\C=C\[C@H](O)[C@@]2(C)[C@H]2O[C@@H]12)OC(=O)[C@@H]3C. The molecule has 10 nitrogen and oxygen atoms in total. The van der Waals surface area contributed by atoms with Crippen LogP contribution in [0.4, 0.5) is 0 Å². The van der Waals surface area contributed by atoms with Crippen molar-refractivity contribution in [3.8, 4) is 0 Å². The van der Waals surface area contributed by atoms with E-state index < -0.39 is 89.9 Å². The fourth-order valence-corrected chi connectivity index (χ4v) is 6.21. The molecule has 34 heavy (non-hydrogen) atoms. The largest absolute Gasteiger partial charge is 0.459 e. The van der Waals surface area contributed by atoms with Crippen molar-refractivity contribution in [3.63, 3.8) is 0 Å². The van der Waals surface area contributed by atoms with E-state index in [9.17, 15) is 29.7 Å². The van der Waals surface area contributed by atoms with Crippen LogP contribution < -0.4 is 0 Å². The van der Waals surface area contributed by atoms with Gasteiger partial charge in [0, 0.05) is 31.1 Å². The molecule has 11 atom stereocenters. The topological polar surface area (TPSA) is 152 Å². The fraction of sp³-hybridized carbons (Fsp3) is 0.708. The van der Waals surface area contributed by atoms with Crippen molar-refractivity contribution in [1.82, 2.24) is 0 Å². The first-order chi connectivity index (χ1) is 15.9. The summed E-state index contributed by atoms with van der Waals surface area (Å²) >= 11 is 0. The summed E-state index contributed by atoms with van der Waals surface area (Å²) in [5, 5.41) is 33.3. The van der Waals surface area contributed by atoms with Crippen LogP contribution in [-0.2, 0) is 33.3 Å². The summed E-state index contributed by atoms with van der Waals surface area (Å²) in [6, 6.07) is 0. The third-order valence-corrected chi connectivity index (χ3v) is 8.07. The van der Waals surface area contributed by atoms with E-state index in [1.165, 1.54) is 39.0 Å². The maximum atomic E-state index is 12.7. The highest BCUT2D eigenvalue weighted by molar-refractivity contribution is 5.77. The van der Waals surface area contributed by atoms with Crippen molar-refractivity contribution in [2.24, 2.45) is 23.2 Å². The van der Waals surface area contributed by atoms with Gasteiger partial charge in [0.15, 0.2) is 11.7 Å². The van der Waals surface area contributed by atoms with Gasteiger partial charge in [-0.25, -0.2) is 0 Å². The number of esters is 3. The molecule has 0 bridgehead atoms. The van der Waals surface area contributed by atoms with Gasteiger partial charge in [-0.05, 0) is 18.6 Å². The van der Waals surface area contributed by atoms with Gasteiger partial charge >= 0.3 is 17.9 Å². The minimum atomic E-state index is -2.03. The first kappa shape index (κ1) is 24.8. The molecule has 4 aliphatic rings. The zero-order chi connectivity index (χ0) is 25.2. The molecule has 2 saturated heterocycles. The molecule has 0 unspecified atom stereocenters.